The molecule has 5 heteroatoms. The number of nitrogen functional groups attached to an aromatic ring is 1. The van der Waals surface area contributed by atoms with E-state index in [0.717, 1.165) is 15.5 Å². The second-order valence-electron chi connectivity index (χ2n) is 2.87. The third kappa shape index (κ3) is 1.88. The predicted molar refractivity (Wildman–Crippen MR) is 56.0 cm³/mol. The van der Waals surface area contributed by atoms with Crippen molar-refractivity contribution in [3.8, 4) is 0 Å². The van der Waals surface area contributed by atoms with E-state index in [-0.39, 0.29) is 0 Å². The predicted octanol–water partition coefficient (Wildman–Crippen LogP) is 1.55. The van der Waals surface area contributed by atoms with Gasteiger partial charge < -0.3 is 5.73 Å². The van der Waals surface area contributed by atoms with Crippen molar-refractivity contribution in [2.45, 2.75) is 9.79 Å². The van der Waals surface area contributed by atoms with Gasteiger partial charge in [0.1, 0.15) is 0 Å². The zero-order valence-corrected chi connectivity index (χ0v) is 8.53. The van der Waals surface area contributed by atoms with Crippen LogP contribution >= 0.6 is 11.8 Å². The fraction of sp³-hybridized carbons (Fsp3) is 0.111. The molecule has 0 unspecified atom stereocenters. The Labute approximate surface area is 86.1 Å². The van der Waals surface area contributed by atoms with Crippen molar-refractivity contribution >= 4 is 17.4 Å². The number of nitrogens with zero attached hydrogens (tertiary/aromatic N) is 3. The Balaban J connectivity index is 2.23. The summed E-state index contributed by atoms with van der Waals surface area (Å²) < 4.78 is 1.76. The maximum Gasteiger partial charge on any atom is 0.0629 e. The molecular weight excluding hydrogens is 196 g/mol. The van der Waals surface area contributed by atoms with Gasteiger partial charge in [-0.15, -0.1) is 0 Å². The molecule has 0 aliphatic heterocycles. The van der Waals surface area contributed by atoms with Gasteiger partial charge in [-0.1, -0.05) is 11.8 Å². The van der Waals surface area contributed by atoms with Crippen molar-refractivity contribution in [1.82, 2.24) is 14.8 Å². The summed E-state index contributed by atoms with van der Waals surface area (Å²) in [7, 11) is 1.89. The summed E-state index contributed by atoms with van der Waals surface area (Å²) in [5.41, 5.74) is 6.53. The number of aromatic nitrogens is 3. The van der Waals surface area contributed by atoms with Gasteiger partial charge in [0.05, 0.1) is 16.0 Å². The molecule has 0 radical (unpaired) electrons. The molecule has 2 heterocycles. The molecule has 72 valence electrons. The van der Waals surface area contributed by atoms with E-state index in [2.05, 4.69) is 10.1 Å². The van der Waals surface area contributed by atoms with Gasteiger partial charge in [0.2, 0.25) is 0 Å². The maximum absolute atomic E-state index is 5.79. The van der Waals surface area contributed by atoms with Gasteiger partial charge in [0.25, 0.3) is 0 Å². The van der Waals surface area contributed by atoms with Crippen molar-refractivity contribution in [3.05, 3.63) is 30.9 Å². The molecule has 2 aromatic heterocycles. The van der Waals surface area contributed by atoms with Crippen LogP contribution in [-0.2, 0) is 7.05 Å². The molecule has 0 aliphatic rings. The van der Waals surface area contributed by atoms with Gasteiger partial charge in [-0.2, -0.15) is 5.10 Å². The number of hydrogen-bond acceptors (Lipinski definition) is 4. The molecule has 0 saturated heterocycles. The standard InChI is InChI=1S/C9H10N4S/c1-13-6-7(4-12-13)14-9-5-11-3-2-8(9)10/h2-6H,1H3,(H2,10,11). The van der Waals surface area contributed by atoms with Crippen LogP contribution in [0.3, 0.4) is 0 Å². The minimum Gasteiger partial charge on any atom is -0.398 e. The van der Waals surface area contributed by atoms with Gasteiger partial charge in [-0.25, -0.2) is 0 Å². The lowest BCUT2D eigenvalue weighted by molar-refractivity contribution is 0.766. The molecule has 2 N–H and O–H groups in total. The van der Waals surface area contributed by atoms with Gasteiger partial charge in [0.15, 0.2) is 0 Å². The average Bonchev–Trinajstić information content (AvgIpc) is 2.56. The highest BCUT2D eigenvalue weighted by atomic mass is 32.2. The zero-order chi connectivity index (χ0) is 9.97. The van der Waals surface area contributed by atoms with Gasteiger partial charge in [-0.3, -0.25) is 9.67 Å². The van der Waals surface area contributed by atoms with Crippen LogP contribution in [0.4, 0.5) is 5.69 Å². The summed E-state index contributed by atoms with van der Waals surface area (Å²) >= 11 is 1.56. The van der Waals surface area contributed by atoms with E-state index in [1.165, 1.54) is 0 Å². The van der Waals surface area contributed by atoms with E-state index in [1.54, 1.807) is 41.1 Å². The van der Waals surface area contributed by atoms with Crippen LogP contribution in [0.5, 0.6) is 0 Å². The molecule has 4 nitrogen and oxygen atoms in total. The molecule has 0 atom stereocenters. The molecule has 0 aromatic carbocycles. The Hall–Kier alpha value is -1.49. The first kappa shape index (κ1) is 9.08. The lowest BCUT2D eigenvalue weighted by atomic mass is 10.4. The zero-order valence-electron chi connectivity index (χ0n) is 7.71. The smallest absolute Gasteiger partial charge is 0.0629 e. The summed E-state index contributed by atoms with van der Waals surface area (Å²) in [5, 5.41) is 4.08. The SMILES string of the molecule is Cn1cc(Sc2cnccc2N)cn1. The number of anilines is 1. The molecule has 0 amide bonds. The van der Waals surface area contributed by atoms with Gasteiger partial charge in [0, 0.05) is 31.3 Å². The number of rotatable bonds is 2. The highest BCUT2D eigenvalue weighted by molar-refractivity contribution is 7.99. The van der Waals surface area contributed by atoms with Gasteiger partial charge >= 0.3 is 0 Å². The van der Waals surface area contributed by atoms with Crippen molar-refractivity contribution < 1.29 is 0 Å². The third-order valence-corrected chi connectivity index (χ3v) is 2.73. The normalized spacial score (nSPS) is 10.4. The Morgan fingerprint density at radius 1 is 1.43 bits per heavy atom. The number of nitrogens with two attached hydrogens (primary N) is 1. The van der Waals surface area contributed by atoms with Crippen molar-refractivity contribution in [2.75, 3.05) is 5.73 Å². The molecule has 0 spiro atoms. The van der Waals surface area contributed by atoms with E-state index < -0.39 is 0 Å². The lowest BCUT2D eigenvalue weighted by Crippen LogP contribution is -1.88. The van der Waals surface area contributed by atoms with E-state index >= 15 is 0 Å². The van der Waals surface area contributed by atoms with Crippen LogP contribution in [0.25, 0.3) is 0 Å². The third-order valence-electron chi connectivity index (χ3n) is 1.73. The Morgan fingerprint density at radius 3 is 2.93 bits per heavy atom. The first-order valence-corrected chi connectivity index (χ1v) is 4.93. The quantitative estimate of drug-likeness (QED) is 0.810. The first-order valence-electron chi connectivity index (χ1n) is 4.11. The van der Waals surface area contributed by atoms with Crippen molar-refractivity contribution in [2.24, 2.45) is 7.05 Å². The molecule has 0 aliphatic carbocycles. The average molecular weight is 206 g/mol. The fourth-order valence-corrected chi connectivity index (χ4v) is 1.91. The second-order valence-corrected chi connectivity index (χ2v) is 3.98. The Bertz CT molecular complexity index is 438. The topological polar surface area (TPSA) is 56.7 Å². The molecule has 0 bridgehead atoms. The van der Waals surface area contributed by atoms with Crippen LogP contribution in [0.2, 0.25) is 0 Å². The van der Waals surface area contributed by atoms with E-state index in [0.29, 0.717) is 0 Å². The summed E-state index contributed by atoms with van der Waals surface area (Å²) in [4.78, 5) is 6.04. The van der Waals surface area contributed by atoms with Crippen LogP contribution in [-0.4, -0.2) is 14.8 Å². The van der Waals surface area contributed by atoms with Crippen LogP contribution in [0, 0.1) is 0 Å². The highest BCUT2D eigenvalue weighted by Crippen LogP contribution is 2.30. The fourth-order valence-electron chi connectivity index (χ4n) is 1.05. The second kappa shape index (κ2) is 3.71. The van der Waals surface area contributed by atoms with Crippen LogP contribution < -0.4 is 5.73 Å². The molecule has 0 saturated carbocycles. The number of pyridine rings is 1. The summed E-state index contributed by atoms with van der Waals surface area (Å²) in [6.45, 7) is 0. The first-order chi connectivity index (χ1) is 6.75. The van der Waals surface area contributed by atoms with E-state index in [9.17, 15) is 0 Å². The lowest BCUT2D eigenvalue weighted by Gasteiger charge is -2.00. The van der Waals surface area contributed by atoms with E-state index in [4.69, 9.17) is 5.73 Å². The largest absolute Gasteiger partial charge is 0.398 e. The molecule has 0 fully saturated rings. The molecule has 14 heavy (non-hydrogen) atoms. The van der Waals surface area contributed by atoms with Gasteiger partial charge in [-0.05, 0) is 6.07 Å². The summed E-state index contributed by atoms with van der Waals surface area (Å²) in [6, 6.07) is 1.79. The van der Waals surface area contributed by atoms with Crippen molar-refractivity contribution in [1.29, 1.82) is 0 Å². The molecular formula is C9H10N4S. The molecule has 2 aromatic rings. The minimum atomic E-state index is 0.744. The monoisotopic (exact) mass is 206 g/mol. The van der Waals surface area contributed by atoms with Crippen molar-refractivity contribution in [3.63, 3.8) is 0 Å². The number of aryl methyl sites for hydroxylation is 1. The summed E-state index contributed by atoms with van der Waals surface area (Å²) in [5.74, 6) is 0. The highest BCUT2D eigenvalue weighted by Gasteiger charge is 2.02. The van der Waals surface area contributed by atoms with Crippen LogP contribution in [0.1, 0.15) is 0 Å². The minimum absolute atomic E-state index is 0.744. The Kier molecular flexibility index (Phi) is 2.41. The Morgan fingerprint density at radius 2 is 2.29 bits per heavy atom. The number of hydrogen-bond donors (Lipinski definition) is 1. The maximum atomic E-state index is 5.79. The molecule has 2 rings (SSSR count). The van der Waals surface area contributed by atoms with E-state index in [1.807, 2.05) is 13.2 Å². The summed E-state index contributed by atoms with van der Waals surface area (Å²) in [6.07, 6.45) is 7.18. The van der Waals surface area contributed by atoms with Crippen LogP contribution in [0.15, 0.2) is 40.6 Å².